The van der Waals surface area contributed by atoms with Crippen molar-refractivity contribution in [2.45, 2.75) is 57.7 Å². The number of ether oxygens (including phenoxy) is 1. The zero-order valence-corrected chi connectivity index (χ0v) is 13.4. The molecule has 1 aliphatic carbocycles. The monoisotopic (exact) mass is 326 g/mol. The number of benzene rings is 1. The van der Waals surface area contributed by atoms with Crippen molar-refractivity contribution in [3.63, 3.8) is 0 Å². The predicted molar refractivity (Wildman–Crippen MR) is 85.9 cm³/mol. The second-order valence-corrected chi connectivity index (χ2v) is 6.38. The van der Waals surface area contributed by atoms with Crippen LogP contribution in [0.25, 0.3) is 0 Å². The maximum absolute atomic E-state index is 13.4. The van der Waals surface area contributed by atoms with Gasteiger partial charge >= 0.3 is 0 Å². The second-order valence-electron chi connectivity index (χ2n) is 6.38. The van der Waals surface area contributed by atoms with Crippen molar-refractivity contribution in [3.05, 3.63) is 48.3 Å². The van der Waals surface area contributed by atoms with E-state index in [-0.39, 0.29) is 18.3 Å². The normalized spacial score (nSPS) is 23.0. The van der Waals surface area contributed by atoms with Crippen LogP contribution in [-0.4, -0.2) is 12.5 Å². The molecule has 0 radical (unpaired) electrons. The zero-order chi connectivity index (χ0) is 16.7. The van der Waals surface area contributed by atoms with Gasteiger partial charge in [0.25, 0.3) is 6.43 Å². The van der Waals surface area contributed by atoms with E-state index in [1.165, 1.54) is 12.1 Å². The van der Waals surface area contributed by atoms with Gasteiger partial charge in [-0.3, -0.25) is 0 Å². The molecule has 0 N–H and O–H groups in total. The minimum absolute atomic E-state index is 0.0876. The lowest BCUT2D eigenvalue weighted by molar-refractivity contribution is -0.102. The lowest BCUT2D eigenvalue weighted by Gasteiger charge is -2.33. The van der Waals surface area contributed by atoms with Crippen LogP contribution in [0, 0.1) is 17.7 Å². The summed E-state index contributed by atoms with van der Waals surface area (Å²) >= 11 is 0. The smallest absolute Gasteiger partial charge is 0.264 e. The van der Waals surface area contributed by atoms with Gasteiger partial charge in [-0.25, -0.2) is 13.2 Å². The SMILES string of the molecule is C=CCCC1CCC(C(OCc2ccc(F)cc2)C(F)F)CC1. The fourth-order valence-electron chi connectivity index (χ4n) is 3.35. The van der Waals surface area contributed by atoms with Crippen LogP contribution in [0.4, 0.5) is 13.2 Å². The summed E-state index contributed by atoms with van der Waals surface area (Å²) in [6.45, 7) is 3.83. The molecule has 1 saturated carbocycles. The van der Waals surface area contributed by atoms with Gasteiger partial charge < -0.3 is 4.74 Å². The summed E-state index contributed by atoms with van der Waals surface area (Å²) in [5, 5.41) is 0. The fraction of sp³-hybridized carbons (Fsp3) is 0.579. The zero-order valence-electron chi connectivity index (χ0n) is 13.4. The van der Waals surface area contributed by atoms with Gasteiger partial charge in [0.2, 0.25) is 0 Å². The molecule has 0 aliphatic heterocycles. The molecule has 4 heteroatoms. The summed E-state index contributed by atoms with van der Waals surface area (Å²) in [5.74, 6) is 0.201. The first-order valence-electron chi connectivity index (χ1n) is 8.35. The first kappa shape index (κ1) is 18.1. The molecule has 0 amide bonds. The van der Waals surface area contributed by atoms with E-state index in [0.717, 1.165) is 44.1 Å². The highest BCUT2D eigenvalue weighted by Crippen LogP contribution is 2.36. The highest BCUT2D eigenvalue weighted by Gasteiger charge is 2.33. The molecule has 2 rings (SSSR count). The van der Waals surface area contributed by atoms with Gasteiger partial charge in [-0.1, -0.05) is 31.1 Å². The number of rotatable bonds is 8. The largest absolute Gasteiger partial charge is 0.367 e. The number of hydrogen-bond donors (Lipinski definition) is 0. The van der Waals surface area contributed by atoms with Gasteiger partial charge in [-0.05, 0) is 55.2 Å². The Kier molecular flexibility index (Phi) is 7.15. The quantitative estimate of drug-likeness (QED) is 0.553. The van der Waals surface area contributed by atoms with E-state index in [1.807, 2.05) is 6.08 Å². The van der Waals surface area contributed by atoms with Crippen LogP contribution in [0.2, 0.25) is 0 Å². The summed E-state index contributed by atoms with van der Waals surface area (Å²) in [4.78, 5) is 0. The Morgan fingerprint density at radius 2 is 1.78 bits per heavy atom. The molecule has 1 aliphatic rings. The van der Waals surface area contributed by atoms with Gasteiger partial charge in [0.05, 0.1) is 6.61 Å². The summed E-state index contributed by atoms with van der Waals surface area (Å²) < 4.78 is 45.1. The first-order chi connectivity index (χ1) is 11.1. The molecule has 0 heterocycles. The lowest BCUT2D eigenvalue weighted by atomic mass is 9.77. The molecule has 0 aromatic heterocycles. The summed E-state index contributed by atoms with van der Waals surface area (Å²) in [5.41, 5.74) is 0.719. The van der Waals surface area contributed by atoms with E-state index in [4.69, 9.17) is 4.74 Å². The second kappa shape index (κ2) is 9.11. The fourth-order valence-corrected chi connectivity index (χ4v) is 3.35. The first-order valence-corrected chi connectivity index (χ1v) is 8.35. The third-order valence-corrected chi connectivity index (χ3v) is 4.74. The number of allylic oxidation sites excluding steroid dienone is 1. The maximum atomic E-state index is 13.4. The van der Waals surface area contributed by atoms with Crippen LogP contribution >= 0.6 is 0 Å². The highest BCUT2D eigenvalue weighted by atomic mass is 19.3. The minimum Gasteiger partial charge on any atom is -0.367 e. The lowest BCUT2D eigenvalue weighted by Crippen LogP contribution is -2.34. The standard InChI is InChI=1S/C19H25F3O/c1-2-3-4-14-5-9-16(10-6-14)18(19(21)22)23-13-15-7-11-17(20)12-8-15/h2,7-8,11-12,14,16,18-19H,1,3-6,9-10,13H2. The third kappa shape index (κ3) is 5.69. The molecule has 1 nitrogen and oxygen atoms in total. The summed E-state index contributed by atoms with van der Waals surface area (Å²) in [6.07, 6.45) is 4.06. The molecule has 1 unspecified atom stereocenters. The van der Waals surface area contributed by atoms with Gasteiger partial charge in [0.1, 0.15) is 11.9 Å². The summed E-state index contributed by atoms with van der Waals surface area (Å²) in [7, 11) is 0. The van der Waals surface area contributed by atoms with E-state index in [0.29, 0.717) is 5.92 Å². The predicted octanol–water partition coefficient (Wildman–Crippen LogP) is 5.75. The molecule has 1 aromatic rings. The number of hydrogen-bond acceptors (Lipinski definition) is 1. The van der Waals surface area contributed by atoms with Crippen LogP contribution in [0.15, 0.2) is 36.9 Å². The summed E-state index contributed by atoms with van der Waals surface area (Å²) in [6, 6.07) is 5.79. The third-order valence-electron chi connectivity index (χ3n) is 4.74. The van der Waals surface area contributed by atoms with Gasteiger partial charge in [-0.15, -0.1) is 6.58 Å². The van der Waals surface area contributed by atoms with Crippen LogP contribution in [0.1, 0.15) is 44.1 Å². The Balaban J connectivity index is 1.84. The van der Waals surface area contributed by atoms with Crippen molar-refractivity contribution in [1.82, 2.24) is 0 Å². The molecule has 0 spiro atoms. The van der Waals surface area contributed by atoms with Crippen LogP contribution in [0.3, 0.4) is 0 Å². The maximum Gasteiger partial charge on any atom is 0.264 e. The molecule has 0 saturated heterocycles. The topological polar surface area (TPSA) is 9.23 Å². The van der Waals surface area contributed by atoms with E-state index >= 15 is 0 Å². The Morgan fingerprint density at radius 3 is 2.35 bits per heavy atom. The van der Waals surface area contributed by atoms with Crippen molar-refractivity contribution < 1.29 is 17.9 Å². The van der Waals surface area contributed by atoms with Crippen LogP contribution < -0.4 is 0 Å². The van der Waals surface area contributed by atoms with Crippen molar-refractivity contribution in [1.29, 1.82) is 0 Å². The molecule has 1 atom stereocenters. The van der Waals surface area contributed by atoms with Crippen molar-refractivity contribution in [2.75, 3.05) is 0 Å². The molecule has 1 fully saturated rings. The average Bonchev–Trinajstić information content (AvgIpc) is 2.55. The minimum atomic E-state index is -2.48. The highest BCUT2D eigenvalue weighted by molar-refractivity contribution is 5.15. The van der Waals surface area contributed by atoms with Crippen LogP contribution in [0.5, 0.6) is 0 Å². The van der Waals surface area contributed by atoms with Gasteiger partial charge in [0.15, 0.2) is 0 Å². The molecule has 1 aromatic carbocycles. The molecular weight excluding hydrogens is 301 g/mol. The van der Waals surface area contributed by atoms with Crippen molar-refractivity contribution in [2.24, 2.45) is 11.8 Å². The molecular formula is C19H25F3O. The molecule has 128 valence electrons. The number of halogens is 3. The van der Waals surface area contributed by atoms with E-state index < -0.39 is 12.5 Å². The van der Waals surface area contributed by atoms with Gasteiger partial charge in [-0.2, -0.15) is 0 Å². The van der Waals surface area contributed by atoms with Crippen LogP contribution in [-0.2, 0) is 11.3 Å². The average molecular weight is 326 g/mol. The Bertz CT molecular complexity index is 464. The van der Waals surface area contributed by atoms with E-state index in [2.05, 4.69) is 6.58 Å². The van der Waals surface area contributed by atoms with Crippen molar-refractivity contribution in [3.8, 4) is 0 Å². The molecule has 23 heavy (non-hydrogen) atoms. The molecule has 0 bridgehead atoms. The Hall–Kier alpha value is -1.29. The Morgan fingerprint density at radius 1 is 1.13 bits per heavy atom. The Labute approximate surface area is 136 Å². The number of alkyl halides is 2. The van der Waals surface area contributed by atoms with Crippen molar-refractivity contribution >= 4 is 0 Å². The van der Waals surface area contributed by atoms with E-state index in [9.17, 15) is 13.2 Å². The van der Waals surface area contributed by atoms with E-state index in [1.54, 1.807) is 12.1 Å². The van der Waals surface area contributed by atoms with Gasteiger partial charge in [0, 0.05) is 0 Å².